The van der Waals surface area contributed by atoms with Crippen LogP contribution in [0.25, 0.3) is 0 Å². The number of rotatable bonds is 6. The second-order valence-electron chi connectivity index (χ2n) is 5.35. The maximum atomic E-state index is 5.84. The van der Waals surface area contributed by atoms with Crippen LogP contribution in [0.3, 0.4) is 0 Å². The number of hydrogen-bond acceptors (Lipinski definition) is 3. The van der Waals surface area contributed by atoms with Gasteiger partial charge in [0.15, 0.2) is 0 Å². The van der Waals surface area contributed by atoms with Crippen LogP contribution in [0, 0.1) is 20.8 Å². The molecule has 0 saturated heterocycles. The second-order valence-corrected chi connectivity index (χ2v) is 5.35. The highest BCUT2D eigenvalue weighted by atomic mass is 16.5. The van der Waals surface area contributed by atoms with E-state index in [1.807, 2.05) is 19.2 Å². The van der Waals surface area contributed by atoms with Crippen molar-refractivity contribution in [3.8, 4) is 5.75 Å². The van der Waals surface area contributed by atoms with Crippen molar-refractivity contribution in [2.24, 2.45) is 0 Å². The van der Waals surface area contributed by atoms with E-state index in [4.69, 9.17) is 4.74 Å². The summed E-state index contributed by atoms with van der Waals surface area (Å²) in [6.45, 7) is 8.57. The van der Waals surface area contributed by atoms with Gasteiger partial charge in [0, 0.05) is 25.0 Å². The van der Waals surface area contributed by atoms with Crippen molar-refractivity contribution in [1.29, 1.82) is 0 Å². The molecule has 1 aromatic carbocycles. The molecule has 0 aliphatic heterocycles. The first-order chi connectivity index (χ1) is 9.54. The van der Waals surface area contributed by atoms with E-state index in [0.29, 0.717) is 6.61 Å². The summed E-state index contributed by atoms with van der Waals surface area (Å²) >= 11 is 0. The van der Waals surface area contributed by atoms with Crippen molar-refractivity contribution in [1.82, 2.24) is 14.9 Å². The van der Waals surface area contributed by atoms with E-state index in [9.17, 15) is 0 Å². The van der Waals surface area contributed by atoms with E-state index in [1.165, 1.54) is 11.1 Å². The monoisotopic (exact) mass is 273 g/mol. The molecule has 0 aliphatic rings. The minimum Gasteiger partial charge on any atom is -0.492 e. The van der Waals surface area contributed by atoms with Gasteiger partial charge >= 0.3 is 0 Å². The molecule has 0 bridgehead atoms. The van der Waals surface area contributed by atoms with Gasteiger partial charge in [-0.2, -0.15) is 0 Å². The summed E-state index contributed by atoms with van der Waals surface area (Å²) in [7, 11) is 2.08. The van der Waals surface area contributed by atoms with Crippen LogP contribution in [0.15, 0.2) is 24.4 Å². The quantitative estimate of drug-likeness (QED) is 0.880. The molecule has 108 valence electrons. The molecule has 0 spiro atoms. The Morgan fingerprint density at radius 3 is 2.70 bits per heavy atom. The lowest BCUT2D eigenvalue weighted by molar-refractivity contribution is 0.230. The zero-order valence-corrected chi connectivity index (χ0v) is 12.7. The van der Waals surface area contributed by atoms with Gasteiger partial charge in [-0.15, -0.1) is 0 Å². The molecule has 4 heteroatoms. The highest BCUT2D eigenvalue weighted by molar-refractivity contribution is 5.35. The van der Waals surface area contributed by atoms with Gasteiger partial charge in [0.25, 0.3) is 0 Å². The predicted molar refractivity (Wildman–Crippen MR) is 81.1 cm³/mol. The topological polar surface area (TPSA) is 41.1 Å². The van der Waals surface area contributed by atoms with Crippen LogP contribution in [-0.4, -0.2) is 35.1 Å². The molecule has 2 aromatic rings. The number of aromatic nitrogens is 2. The fourth-order valence-corrected chi connectivity index (χ4v) is 2.19. The Morgan fingerprint density at radius 1 is 1.25 bits per heavy atom. The SMILES string of the molecule is Cc1ccc(OCCN(C)Cc2cnc(C)[nH]2)c(C)c1. The van der Waals surface area contributed by atoms with Crippen molar-refractivity contribution < 1.29 is 4.74 Å². The molecule has 20 heavy (non-hydrogen) atoms. The number of hydrogen-bond donors (Lipinski definition) is 1. The fourth-order valence-electron chi connectivity index (χ4n) is 2.19. The summed E-state index contributed by atoms with van der Waals surface area (Å²) in [5.74, 6) is 1.93. The molecule has 0 saturated carbocycles. The molecule has 0 atom stereocenters. The molecule has 4 nitrogen and oxygen atoms in total. The number of aromatic amines is 1. The van der Waals surface area contributed by atoms with E-state index < -0.39 is 0 Å². The highest BCUT2D eigenvalue weighted by Gasteiger charge is 2.04. The molecule has 1 N–H and O–H groups in total. The third-order valence-corrected chi connectivity index (χ3v) is 3.26. The first-order valence-electron chi connectivity index (χ1n) is 6.93. The lowest BCUT2D eigenvalue weighted by Gasteiger charge is -2.16. The number of benzene rings is 1. The molecule has 0 fully saturated rings. The molecule has 2 rings (SSSR count). The zero-order valence-electron chi connectivity index (χ0n) is 12.7. The van der Waals surface area contributed by atoms with Crippen LogP contribution in [0.5, 0.6) is 5.75 Å². The van der Waals surface area contributed by atoms with Gasteiger partial charge in [0.1, 0.15) is 18.2 Å². The van der Waals surface area contributed by atoms with Gasteiger partial charge in [-0.1, -0.05) is 17.7 Å². The van der Waals surface area contributed by atoms with Gasteiger partial charge in [0.05, 0.1) is 0 Å². The highest BCUT2D eigenvalue weighted by Crippen LogP contribution is 2.18. The van der Waals surface area contributed by atoms with Crippen molar-refractivity contribution >= 4 is 0 Å². The number of likely N-dealkylation sites (N-methyl/N-ethyl adjacent to an activating group) is 1. The third-order valence-electron chi connectivity index (χ3n) is 3.26. The Labute approximate surface area is 120 Å². The first kappa shape index (κ1) is 14.6. The Bertz CT molecular complexity index is 563. The first-order valence-corrected chi connectivity index (χ1v) is 6.93. The van der Waals surface area contributed by atoms with Crippen LogP contribution in [-0.2, 0) is 6.54 Å². The van der Waals surface area contributed by atoms with Gasteiger partial charge in [-0.3, -0.25) is 4.90 Å². The standard InChI is InChI=1S/C16H23N3O/c1-12-5-6-16(13(2)9-12)20-8-7-19(4)11-15-10-17-14(3)18-15/h5-6,9-10H,7-8,11H2,1-4H3,(H,17,18). The number of nitrogens with zero attached hydrogens (tertiary/aromatic N) is 2. The van der Waals surface area contributed by atoms with Crippen molar-refractivity contribution in [3.63, 3.8) is 0 Å². The minimum absolute atomic E-state index is 0.688. The van der Waals surface area contributed by atoms with E-state index in [2.05, 4.69) is 47.9 Å². The molecule has 0 radical (unpaired) electrons. The smallest absolute Gasteiger partial charge is 0.122 e. The molecule has 1 heterocycles. The van der Waals surface area contributed by atoms with Gasteiger partial charge < -0.3 is 9.72 Å². The van der Waals surface area contributed by atoms with Gasteiger partial charge in [-0.05, 0) is 39.4 Å². The van der Waals surface area contributed by atoms with Crippen molar-refractivity contribution in [2.75, 3.05) is 20.2 Å². The van der Waals surface area contributed by atoms with E-state index in [0.717, 1.165) is 30.4 Å². The number of imidazole rings is 1. The predicted octanol–water partition coefficient (Wildman–Crippen LogP) is 2.85. The molecular weight excluding hydrogens is 250 g/mol. The lowest BCUT2D eigenvalue weighted by Crippen LogP contribution is -2.24. The van der Waals surface area contributed by atoms with Crippen LogP contribution < -0.4 is 4.74 Å². The number of ether oxygens (including phenoxy) is 1. The summed E-state index contributed by atoms with van der Waals surface area (Å²) in [6, 6.07) is 6.27. The minimum atomic E-state index is 0.688. The second kappa shape index (κ2) is 6.57. The van der Waals surface area contributed by atoms with Gasteiger partial charge in [-0.25, -0.2) is 4.98 Å². The summed E-state index contributed by atoms with van der Waals surface area (Å²) in [5, 5.41) is 0. The Morgan fingerprint density at radius 2 is 2.05 bits per heavy atom. The summed E-state index contributed by atoms with van der Waals surface area (Å²) < 4.78 is 5.84. The Kier molecular flexibility index (Phi) is 4.79. The average molecular weight is 273 g/mol. The average Bonchev–Trinajstić information content (AvgIpc) is 2.77. The van der Waals surface area contributed by atoms with Crippen LogP contribution in [0.1, 0.15) is 22.6 Å². The molecule has 0 aliphatic carbocycles. The van der Waals surface area contributed by atoms with Crippen LogP contribution in [0.4, 0.5) is 0 Å². The van der Waals surface area contributed by atoms with Gasteiger partial charge in [0.2, 0.25) is 0 Å². The summed E-state index contributed by atoms with van der Waals surface area (Å²) in [5.41, 5.74) is 3.59. The van der Waals surface area contributed by atoms with Crippen LogP contribution in [0.2, 0.25) is 0 Å². The maximum Gasteiger partial charge on any atom is 0.122 e. The number of nitrogens with one attached hydrogen (secondary N) is 1. The maximum absolute atomic E-state index is 5.84. The van der Waals surface area contributed by atoms with E-state index in [-0.39, 0.29) is 0 Å². The van der Waals surface area contributed by atoms with Crippen molar-refractivity contribution in [2.45, 2.75) is 27.3 Å². The van der Waals surface area contributed by atoms with E-state index >= 15 is 0 Å². The largest absolute Gasteiger partial charge is 0.492 e. The molecular formula is C16H23N3O. The fraction of sp³-hybridized carbons (Fsp3) is 0.438. The summed E-state index contributed by atoms with van der Waals surface area (Å²) in [4.78, 5) is 9.66. The molecule has 0 unspecified atom stereocenters. The zero-order chi connectivity index (χ0) is 14.5. The number of aryl methyl sites for hydroxylation is 3. The molecule has 0 amide bonds. The Hall–Kier alpha value is -1.81. The third kappa shape index (κ3) is 4.10. The molecule has 1 aromatic heterocycles. The van der Waals surface area contributed by atoms with E-state index in [1.54, 1.807) is 0 Å². The summed E-state index contributed by atoms with van der Waals surface area (Å²) in [6.07, 6.45) is 1.89. The number of H-pyrrole nitrogens is 1. The van der Waals surface area contributed by atoms with Crippen molar-refractivity contribution in [3.05, 3.63) is 47.0 Å². The van der Waals surface area contributed by atoms with Crippen LogP contribution >= 0.6 is 0 Å². The normalized spacial score (nSPS) is 11.1. The lowest BCUT2D eigenvalue weighted by atomic mass is 10.1. The Balaban J connectivity index is 1.77.